The number of hydrogen-bond acceptors (Lipinski definition) is 4. The Morgan fingerprint density at radius 2 is 1.96 bits per heavy atom. The first-order valence-electron chi connectivity index (χ1n) is 8.07. The predicted molar refractivity (Wildman–Crippen MR) is 94.7 cm³/mol. The van der Waals surface area contributed by atoms with Crippen LogP contribution in [0.15, 0.2) is 65.7 Å². The van der Waals surface area contributed by atoms with E-state index in [1.165, 1.54) is 18.2 Å². The number of nitrogens with one attached hydrogen (secondary N) is 1. The van der Waals surface area contributed by atoms with Crippen molar-refractivity contribution in [3.8, 4) is 11.3 Å². The van der Waals surface area contributed by atoms with Gasteiger partial charge in [-0.05, 0) is 48.9 Å². The van der Waals surface area contributed by atoms with Gasteiger partial charge < -0.3 is 5.32 Å². The van der Waals surface area contributed by atoms with E-state index in [1.54, 1.807) is 43.6 Å². The van der Waals surface area contributed by atoms with E-state index in [0.717, 1.165) is 10.2 Å². The molecule has 7 heteroatoms. The summed E-state index contributed by atoms with van der Waals surface area (Å²) >= 11 is 0. The van der Waals surface area contributed by atoms with Crippen molar-refractivity contribution < 1.29 is 9.18 Å². The highest BCUT2D eigenvalue weighted by molar-refractivity contribution is 5.79. The molecule has 3 rings (SSSR count). The van der Waals surface area contributed by atoms with Gasteiger partial charge in [-0.25, -0.2) is 9.07 Å². The molecule has 2 aromatic heterocycles. The van der Waals surface area contributed by atoms with Crippen LogP contribution in [0.3, 0.4) is 0 Å². The SMILES string of the molecule is CC(C(=O)NCc1cccnc1)n1nc(-c2ccc(F)cc2)ccc1=O. The number of benzene rings is 1. The highest BCUT2D eigenvalue weighted by Gasteiger charge is 2.17. The van der Waals surface area contributed by atoms with Crippen molar-refractivity contribution in [2.24, 2.45) is 0 Å². The van der Waals surface area contributed by atoms with Gasteiger partial charge in [-0.1, -0.05) is 6.07 Å². The minimum absolute atomic E-state index is 0.309. The fourth-order valence-corrected chi connectivity index (χ4v) is 2.43. The van der Waals surface area contributed by atoms with Crippen molar-refractivity contribution in [3.63, 3.8) is 0 Å². The molecule has 0 aliphatic heterocycles. The average molecular weight is 352 g/mol. The Hall–Kier alpha value is -3.35. The first-order valence-corrected chi connectivity index (χ1v) is 8.07. The lowest BCUT2D eigenvalue weighted by Crippen LogP contribution is -2.36. The van der Waals surface area contributed by atoms with E-state index in [0.29, 0.717) is 17.8 Å². The van der Waals surface area contributed by atoms with Gasteiger partial charge >= 0.3 is 0 Å². The van der Waals surface area contributed by atoms with Gasteiger partial charge in [-0.15, -0.1) is 0 Å². The van der Waals surface area contributed by atoms with Crippen molar-refractivity contribution in [3.05, 3.63) is 82.7 Å². The molecule has 0 aliphatic carbocycles. The van der Waals surface area contributed by atoms with Gasteiger partial charge in [-0.2, -0.15) is 5.10 Å². The van der Waals surface area contributed by atoms with Gasteiger partial charge in [-0.3, -0.25) is 14.6 Å². The molecular weight excluding hydrogens is 335 g/mol. The maximum absolute atomic E-state index is 13.1. The summed E-state index contributed by atoms with van der Waals surface area (Å²) in [6, 6.07) is 11.5. The van der Waals surface area contributed by atoms with Crippen molar-refractivity contribution in [1.82, 2.24) is 20.1 Å². The van der Waals surface area contributed by atoms with E-state index < -0.39 is 6.04 Å². The molecule has 1 N–H and O–H groups in total. The van der Waals surface area contributed by atoms with Crippen molar-refractivity contribution in [2.45, 2.75) is 19.5 Å². The quantitative estimate of drug-likeness (QED) is 0.764. The zero-order chi connectivity index (χ0) is 18.5. The van der Waals surface area contributed by atoms with Crippen LogP contribution in [0.4, 0.5) is 4.39 Å². The van der Waals surface area contributed by atoms with Gasteiger partial charge in [0, 0.05) is 30.6 Å². The van der Waals surface area contributed by atoms with E-state index in [4.69, 9.17) is 0 Å². The molecule has 3 aromatic rings. The average Bonchev–Trinajstić information content (AvgIpc) is 2.67. The molecule has 0 aliphatic rings. The number of amides is 1. The molecule has 1 amide bonds. The standard InChI is InChI=1S/C19H17FN4O2/c1-13(19(26)22-12-14-3-2-10-21-11-14)24-18(25)9-8-17(23-24)15-4-6-16(20)7-5-15/h2-11,13H,12H2,1H3,(H,22,26). The number of halogens is 1. The van der Waals surface area contributed by atoms with Crippen LogP contribution in [-0.4, -0.2) is 20.7 Å². The smallest absolute Gasteiger partial charge is 0.267 e. The number of aromatic nitrogens is 3. The minimum Gasteiger partial charge on any atom is -0.350 e. The zero-order valence-corrected chi connectivity index (χ0v) is 14.1. The summed E-state index contributed by atoms with van der Waals surface area (Å²) in [6.07, 6.45) is 3.31. The lowest BCUT2D eigenvalue weighted by atomic mass is 10.1. The second kappa shape index (κ2) is 7.69. The molecule has 1 atom stereocenters. The third kappa shape index (κ3) is 4.00. The second-order valence-corrected chi connectivity index (χ2v) is 5.76. The number of rotatable bonds is 5. The Labute approximate surface area is 149 Å². The van der Waals surface area contributed by atoms with E-state index in [9.17, 15) is 14.0 Å². The number of hydrogen-bond donors (Lipinski definition) is 1. The summed E-state index contributed by atoms with van der Waals surface area (Å²) in [4.78, 5) is 28.5. The van der Waals surface area contributed by atoms with Gasteiger partial charge in [0.15, 0.2) is 0 Å². The molecule has 6 nitrogen and oxygen atoms in total. The molecule has 0 radical (unpaired) electrons. The van der Waals surface area contributed by atoms with Crippen molar-refractivity contribution >= 4 is 5.91 Å². The van der Waals surface area contributed by atoms with Gasteiger partial charge in [0.1, 0.15) is 11.9 Å². The molecule has 1 unspecified atom stereocenters. The molecule has 132 valence electrons. The summed E-state index contributed by atoms with van der Waals surface area (Å²) < 4.78 is 14.2. The number of nitrogens with zero attached hydrogens (tertiary/aromatic N) is 3. The van der Waals surface area contributed by atoms with Crippen LogP contribution in [0, 0.1) is 5.82 Å². The van der Waals surface area contributed by atoms with Gasteiger partial charge in [0.2, 0.25) is 5.91 Å². The molecule has 2 heterocycles. The molecule has 0 fully saturated rings. The third-order valence-electron chi connectivity index (χ3n) is 3.90. The third-order valence-corrected chi connectivity index (χ3v) is 3.90. The van der Waals surface area contributed by atoms with Crippen LogP contribution in [0.2, 0.25) is 0 Å². The Morgan fingerprint density at radius 3 is 2.65 bits per heavy atom. The van der Waals surface area contributed by atoms with Crippen LogP contribution in [-0.2, 0) is 11.3 Å². The Balaban J connectivity index is 1.78. The van der Waals surface area contributed by atoms with Crippen LogP contribution in [0.1, 0.15) is 18.5 Å². The summed E-state index contributed by atoms with van der Waals surface area (Å²) in [5.41, 5.74) is 1.60. The second-order valence-electron chi connectivity index (χ2n) is 5.76. The normalized spacial score (nSPS) is 11.8. The Kier molecular flexibility index (Phi) is 5.17. The van der Waals surface area contributed by atoms with E-state index in [1.807, 2.05) is 6.07 Å². The summed E-state index contributed by atoms with van der Waals surface area (Å²) in [5.74, 6) is -0.690. The van der Waals surface area contributed by atoms with Gasteiger partial charge in [0.25, 0.3) is 5.56 Å². The molecule has 1 aromatic carbocycles. The Morgan fingerprint density at radius 1 is 1.19 bits per heavy atom. The van der Waals surface area contributed by atoms with E-state index >= 15 is 0 Å². The van der Waals surface area contributed by atoms with Crippen molar-refractivity contribution in [1.29, 1.82) is 0 Å². The maximum atomic E-state index is 13.1. The first-order chi connectivity index (χ1) is 12.5. The van der Waals surface area contributed by atoms with Crippen molar-refractivity contribution in [2.75, 3.05) is 0 Å². The highest BCUT2D eigenvalue weighted by atomic mass is 19.1. The zero-order valence-electron chi connectivity index (χ0n) is 14.1. The fourth-order valence-electron chi connectivity index (χ4n) is 2.43. The van der Waals surface area contributed by atoms with Crippen LogP contribution >= 0.6 is 0 Å². The summed E-state index contributed by atoms with van der Waals surface area (Å²) in [7, 11) is 0. The molecule has 0 saturated carbocycles. The van der Waals surface area contributed by atoms with Gasteiger partial charge in [0.05, 0.1) is 5.69 Å². The monoisotopic (exact) mass is 352 g/mol. The number of carbonyl (C=O) groups is 1. The minimum atomic E-state index is -0.792. The molecule has 0 spiro atoms. The molecular formula is C19H17FN4O2. The lowest BCUT2D eigenvalue weighted by Gasteiger charge is -2.15. The highest BCUT2D eigenvalue weighted by Crippen LogP contribution is 2.16. The molecule has 0 bridgehead atoms. The fraction of sp³-hybridized carbons (Fsp3) is 0.158. The van der Waals surface area contributed by atoms with Crippen LogP contribution in [0.5, 0.6) is 0 Å². The van der Waals surface area contributed by atoms with Crippen LogP contribution < -0.4 is 10.9 Å². The first kappa shape index (κ1) is 17.5. The topological polar surface area (TPSA) is 76.9 Å². The van der Waals surface area contributed by atoms with E-state index in [2.05, 4.69) is 15.4 Å². The Bertz CT molecular complexity index is 955. The summed E-state index contributed by atoms with van der Waals surface area (Å²) in [6.45, 7) is 1.91. The summed E-state index contributed by atoms with van der Waals surface area (Å²) in [5, 5.41) is 7.02. The van der Waals surface area contributed by atoms with E-state index in [-0.39, 0.29) is 17.3 Å². The molecule has 26 heavy (non-hydrogen) atoms. The lowest BCUT2D eigenvalue weighted by molar-refractivity contribution is -0.124. The largest absolute Gasteiger partial charge is 0.350 e. The predicted octanol–water partition coefficient (Wildman–Crippen LogP) is 2.32. The number of pyridine rings is 1. The molecule has 0 saturated heterocycles. The number of carbonyl (C=O) groups excluding carboxylic acids is 1. The van der Waals surface area contributed by atoms with Crippen LogP contribution in [0.25, 0.3) is 11.3 Å². The maximum Gasteiger partial charge on any atom is 0.267 e.